The van der Waals surface area contributed by atoms with Crippen LogP contribution < -0.4 is 9.47 Å². The third-order valence-corrected chi connectivity index (χ3v) is 11.9. The van der Waals surface area contributed by atoms with Crippen molar-refractivity contribution in [3.8, 4) is 22.6 Å². The maximum absolute atomic E-state index is 9.77. The zero-order valence-electron chi connectivity index (χ0n) is 30.5. The fourth-order valence-electron chi connectivity index (χ4n) is 8.76. The van der Waals surface area contributed by atoms with Crippen LogP contribution in [0.5, 0.6) is 11.5 Å². The van der Waals surface area contributed by atoms with Gasteiger partial charge in [-0.05, 0) is 121 Å². The van der Waals surface area contributed by atoms with Crippen LogP contribution in [0.25, 0.3) is 11.1 Å². The van der Waals surface area contributed by atoms with Crippen LogP contribution in [-0.4, -0.2) is 48.2 Å². The SMILES string of the molecule is CCC(COC(C)Oc1ccc(C2(c3ccc(OC(C)OCC(CC)C4CC(O)C4)cc3)c3ccccc3-c3ccccc32)cc1)C1CC(O)C1. The Kier molecular flexibility index (Phi) is 10.9. The number of aliphatic hydroxyl groups is 2. The lowest BCUT2D eigenvalue weighted by molar-refractivity contribution is -0.0983. The smallest absolute Gasteiger partial charge is 0.196 e. The van der Waals surface area contributed by atoms with Crippen LogP contribution >= 0.6 is 0 Å². The van der Waals surface area contributed by atoms with Gasteiger partial charge in [0.2, 0.25) is 0 Å². The monoisotopic (exact) mass is 690 g/mol. The molecule has 4 aromatic rings. The van der Waals surface area contributed by atoms with Crippen molar-refractivity contribution in [2.45, 2.75) is 96.4 Å². The third kappa shape index (κ3) is 7.21. The lowest BCUT2D eigenvalue weighted by Gasteiger charge is -2.37. The molecule has 0 radical (unpaired) electrons. The van der Waals surface area contributed by atoms with Gasteiger partial charge in [0.05, 0.1) is 30.8 Å². The van der Waals surface area contributed by atoms with Gasteiger partial charge in [-0.25, -0.2) is 0 Å². The van der Waals surface area contributed by atoms with Gasteiger partial charge in [0.1, 0.15) is 11.5 Å². The van der Waals surface area contributed by atoms with Gasteiger partial charge < -0.3 is 29.2 Å². The first-order valence-corrected chi connectivity index (χ1v) is 19.1. The fraction of sp³-hybridized carbons (Fsp3) is 0.467. The Morgan fingerprint density at radius 2 is 0.941 bits per heavy atom. The highest BCUT2D eigenvalue weighted by Gasteiger charge is 2.46. The second-order valence-corrected chi connectivity index (χ2v) is 15.0. The minimum atomic E-state index is -0.530. The van der Waals surface area contributed by atoms with Gasteiger partial charge >= 0.3 is 0 Å². The predicted octanol–water partition coefficient (Wildman–Crippen LogP) is 9.13. The molecule has 0 spiro atoms. The number of rotatable bonds is 16. The zero-order valence-corrected chi connectivity index (χ0v) is 30.5. The van der Waals surface area contributed by atoms with E-state index >= 15 is 0 Å². The van der Waals surface area contributed by atoms with Gasteiger partial charge in [-0.3, -0.25) is 0 Å². The maximum Gasteiger partial charge on any atom is 0.196 e. The molecular formula is C45H54O6. The van der Waals surface area contributed by atoms with Crippen molar-refractivity contribution in [1.29, 1.82) is 0 Å². The summed E-state index contributed by atoms with van der Waals surface area (Å²) >= 11 is 0. The van der Waals surface area contributed by atoms with Crippen LogP contribution in [0.1, 0.15) is 88.5 Å². The summed E-state index contributed by atoms with van der Waals surface area (Å²) in [5.74, 6) is 3.49. The summed E-state index contributed by atoms with van der Waals surface area (Å²) in [6.45, 7) is 9.58. The van der Waals surface area contributed by atoms with E-state index in [-0.39, 0.29) is 24.8 Å². The van der Waals surface area contributed by atoms with Crippen LogP contribution in [0.3, 0.4) is 0 Å². The van der Waals surface area contributed by atoms with E-state index in [9.17, 15) is 10.2 Å². The standard InChI is InChI=1S/C45H54O6/c1-5-31(33-23-37(46)24-33)27-48-29(3)50-39-19-15-35(16-20-39)45(43-13-9-7-11-41(43)42-12-8-10-14-44(42)45)36-17-21-40(22-18-36)51-30(4)49-28-32(6-2)34-25-38(47)26-34/h7-22,29-34,37-38,46-47H,5-6,23-28H2,1-4H3. The third-order valence-electron chi connectivity index (χ3n) is 11.9. The van der Waals surface area contributed by atoms with Crippen LogP contribution in [0.15, 0.2) is 97.1 Å². The van der Waals surface area contributed by atoms with Crippen molar-refractivity contribution in [2.75, 3.05) is 13.2 Å². The lowest BCUT2D eigenvalue weighted by Crippen LogP contribution is -2.36. The first-order chi connectivity index (χ1) is 24.8. The molecule has 0 heterocycles. The highest BCUT2D eigenvalue weighted by atomic mass is 16.7. The first-order valence-electron chi connectivity index (χ1n) is 19.1. The van der Waals surface area contributed by atoms with Crippen molar-refractivity contribution in [3.63, 3.8) is 0 Å². The van der Waals surface area contributed by atoms with Crippen LogP contribution in [0.2, 0.25) is 0 Å². The molecule has 0 saturated heterocycles. The molecule has 7 rings (SSSR count). The molecule has 6 nitrogen and oxygen atoms in total. The Hall–Kier alpha value is -3.68. The Bertz CT molecular complexity index is 1590. The topological polar surface area (TPSA) is 77.4 Å². The second-order valence-electron chi connectivity index (χ2n) is 15.0. The molecule has 2 fully saturated rings. The number of hydrogen-bond acceptors (Lipinski definition) is 6. The van der Waals surface area contributed by atoms with Crippen molar-refractivity contribution in [3.05, 3.63) is 119 Å². The first kappa shape index (κ1) is 35.7. The van der Waals surface area contributed by atoms with Gasteiger partial charge in [0.15, 0.2) is 12.6 Å². The fourth-order valence-corrected chi connectivity index (χ4v) is 8.76. The number of hydrogen-bond donors (Lipinski definition) is 2. The Balaban J connectivity index is 1.11. The number of fused-ring (bicyclic) bond motifs is 3. The normalized spacial score (nSPS) is 23.9. The summed E-state index contributed by atoms with van der Waals surface area (Å²) in [7, 11) is 0. The van der Waals surface area contributed by atoms with E-state index in [1.165, 1.54) is 22.3 Å². The van der Waals surface area contributed by atoms with E-state index in [4.69, 9.17) is 18.9 Å². The van der Waals surface area contributed by atoms with Gasteiger partial charge in [0.25, 0.3) is 0 Å². The van der Waals surface area contributed by atoms with Crippen molar-refractivity contribution < 1.29 is 29.2 Å². The molecule has 2 saturated carbocycles. The van der Waals surface area contributed by atoms with E-state index in [1.807, 2.05) is 13.8 Å². The summed E-state index contributed by atoms with van der Waals surface area (Å²) in [6.07, 6.45) is 4.53. The maximum atomic E-state index is 9.77. The molecule has 3 aliphatic rings. The zero-order chi connectivity index (χ0) is 35.5. The van der Waals surface area contributed by atoms with E-state index < -0.39 is 5.41 Å². The van der Waals surface area contributed by atoms with Crippen LogP contribution in [0.4, 0.5) is 0 Å². The molecule has 4 unspecified atom stereocenters. The van der Waals surface area contributed by atoms with Gasteiger partial charge in [-0.2, -0.15) is 0 Å². The van der Waals surface area contributed by atoms with Gasteiger partial charge in [0, 0.05) is 0 Å². The molecule has 3 aliphatic carbocycles. The number of aliphatic hydroxyl groups excluding tert-OH is 2. The van der Waals surface area contributed by atoms with E-state index in [2.05, 4.69) is 111 Å². The summed E-state index contributed by atoms with van der Waals surface area (Å²) in [4.78, 5) is 0. The van der Waals surface area contributed by atoms with Crippen molar-refractivity contribution >= 4 is 0 Å². The van der Waals surface area contributed by atoms with Crippen LogP contribution in [-0.2, 0) is 14.9 Å². The van der Waals surface area contributed by atoms with Gasteiger partial charge in [-0.15, -0.1) is 0 Å². The molecule has 6 heteroatoms. The molecule has 270 valence electrons. The summed E-state index contributed by atoms with van der Waals surface area (Å²) < 4.78 is 24.9. The van der Waals surface area contributed by atoms with E-state index in [0.29, 0.717) is 36.9 Å². The highest BCUT2D eigenvalue weighted by molar-refractivity contribution is 5.86. The summed E-state index contributed by atoms with van der Waals surface area (Å²) in [5, 5.41) is 19.5. The minimum absolute atomic E-state index is 0.148. The molecule has 0 amide bonds. The van der Waals surface area contributed by atoms with Crippen molar-refractivity contribution in [1.82, 2.24) is 0 Å². The average molecular weight is 691 g/mol. The van der Waals surface area contributed by atoms with Crippen molar-refractivity contribution in [2.24, 2.45) is 23.7 Å². The summed E-state index contributed by atoms with van der Waals surface area (Å²) in [6, 6.07) is 34.5. The number of benzene rings is 4. The molecule has 4 aromatic carbocycles. The Morgan fingerprint density at radius 3 is 1.29 bits per heavy atom. The molecule has 4 atom stereocenters. The largest absolute Gasteiger partial charge is 0.465 e. The molecule has 0 aromatic heterocycles. The molecule has 0 bridgehead atoms. The average Bonchev–Trinajstić information content (AvgIpc) is 3.42. The molecule has 0 aliphatic heterocycles. The van der Waals surface area contributed by atoms with Crippen LogP contribution in [0, 0.1) is 23.7 Å². The Labute approximate surface area is 303 Å². The molecular weight excluding hydrogens is 636 g/mol. The number of ether oxygens (including phenoxy) is 4. The second kappa shape index (κ2) is 15.5. The summed E-state index contributed by atoms with van der Waals surface area (Å²) in [5.41, 5.74) is 6.77. The lowest BCUT2D eigenvalue weighted by atomic mass is 9.68. The van der Waals surface area contributed by atoms with Gasteiger partial charge in [-0.1, -0.05) is 99.5 Å². The quantitative estimate of drug-likeness (QED) is 0.101. The Morgan fingerprint density at radius 1 is 0.569 bits per heavy atom. The molecule has 2 N–H and O–H groups in total. The highest BCUT2D eigenvalue weighted by Crippen LogP contribution is 2.56. The minimum Gasteiger partial charge on any atom is -0.465 e. The van der Waals surface area contributed by atoms with E-state index in [0.717, 1.165) is 61.2 Å². The predicted molar refractivity (Wildman–Crippen MR) is 201 cm³/mol. The van der Waals surface area contributed by atoms with E-state index in [1.54, 1.807) is 0 Å². The molecule has 51 heavy (non-hydrogen) atoms.